The van der Waals surface area contributed by atoms with Crippen molar-refractivity contribution in [2.75, 3.05) is 6.54 Å². The summed E-state index contributed by atoms with van der Waals surface area (Å²) in [6.07, 6.45) is 5.47. The summed E-state index contributed by atoms with van der Waals surface area (Å²) < 4.78 is 9.36. The third kappa shape index (κ3) is 3.81. The van der Waals surface area contributed by atoms with E-state index >= 15 is 0 Å². The lowest BCUT2D eigenvalue weighted by molar-refractivity contribution is 0.00415. The van der Waals surface area contributed by atoms with Gasteiger partial charge in [0.1, 0.15) is 5.60 Å². The van der Waals surface area contributed by atoms with E-state index in [0.717, 1.165) is 54.2 Å². The molecule has 1 saturated carbocycles. The summed E-state index contributed by atoms with van der Waals surface area (Å²) in [5.74, 6) is 0.380. The lowest BCUT2D eigenvalue weighted by Gasteiger charge is -2.36. The van der Waals surface area contributed by atoms with Crippen LogP contribution < -0.4 is 0 Å². The largest absolute Gasteiger partial charge is 0.441 e. The topological polar surface area (TPSA) is 71.2 Å². The quantitative estimate of drug-likeness (QED) is 0.334. The Morgan fingerprint density at radius 2 is 2.21 bits per heavy atom. The average Bonchev–Trinajstić information content (AvgIpc) is 3.50. The Morgan fingerprint density at radius 3 is 3.09 bits per heavy atom. The predicted molar refractivity (Wildman–Crippen MR) is 133 cm³/mol. The molecular formula is C26H23ClN4O2S. The second-order valence-corrected chi connectivity index (χ2v) is 10.8. The first-order valence-electron chi connectivity index (χ1n) is 11.5. The van der Waals surface area contributed by atoms with Crippen molar-refractivity contribution in [3.63, 3.8) is 0 Å². The highest BCUT2D eigenvalue weighted by Crippen LogP contribution is 2.41. The number of aromatic nitrogens is 2. The fourth-order valence-electron chi connectivity index (χ4n) is 5.58. The number of carbonyl (C=O) groups is 1. The third-order valence-corrected chi connectivity index (χ3v) is 8.38. The lowest BCUT2D eigenvalue weighted by Crippen LogP contribution is -2.40. The van der Waals surface area contributed by atoms with Crippen LogP contribution in [0, 0.1) is 17.2 Å². The van der Waals surface area contributed by atoms with Crippen molar-refractivity contribution >= 4 is 50.2 Å². The number of thiophene rings is 1. The molecule has 0 unspecified atom stereocenters. The van der Waals surface area contributed by atoms with Gasteiger partial charge in [-0.1, -0.05) is 11.6 Å². The Labute approximate surface area is 206 Å². The maximum atomic E-state index is 12.9. The molecule has 6 nitrogen and oxygen atoms in total. The molecule has 2 aromatic heterocycles. The Morgan fingerprint density at radius 1 is 1.29 bits per heavy atom. The standard InChI is InChI=1S/C26H23ClN4O2S/c27-20-4-6-24-21(9-20)19(14-34-24)13-30-15-26(33-25(30)32)7-1-2-18(10-26)12-31-16-29-22-5-3-17(11-28)8-23(22)31/h3-6,8-9,14,16,18H,1-2,7,10,12-13,15H2/t18-,26-/m0/s1. The van der Waals surface area contributed by atoms with Gasteiger partial charge in [0.25, 0.3) is 0 Å². The minimum Gasteiger partial charge on any atom is -0.441 e. The molecule has 1 amide bonds. The van der Waals surface area contributed by atoms with Crippen LogP contribution in [0.1, 0.15) is 36.8 Å². The summed E-state index contributed by atoms with van der Waals surface area (Å²) >= 11 is 7.89. The molecule has 1 spiro atoms. The van der Waals surface area contributed by atoms with Gasteiger partial charge in [0.2, 0.25) is 0 Å². The van der Waals surface area contributed by atoms with Crippen LogP contribution in [0.3, 0.4) is 0 Å². The van der Waals surface area contributed by atoms with Crippen molar-refractivity contribution in [3.8, 4) is 6.07 Å². The van der Waals surface area contributed by atoms with Gasteiger partial charge >= 0.3 is 6.09 Å². The predicted octanol–water partition coefficient (Wildman–Crippen LogP) is 6.36. The zero-order valence-electron chi connectivity index (χ0n) is 18.5. The first-order valence-corrected chi connectivity index (χ1v) is 12.8. The van der Waals surface area contributed by atoms with Gasteiger partial charge in [-0.25, -0.2) is 9.78 Å². The SMILES string of the molecule is N#Cc1ccc2ncn(C[C@H]3CCC[C@]4(C3)CN(Cc3csc5ccc(Cl)cc35)C(=O)O4)c2c1. The molecule has 1 saturated heterocycles. The molecule has 3 heterocycles. The number of halogens is 1. The molecule has 2 aliphatic rings. The zero-order valence-corrected chi connectivity index (χ0v) is 20.1. The summed E-state index contributed by atoms with van der Waals surface area (Å²) in [6.45, 7) is 1.95. The maximum absolute atomic E-state index is 12.9. The first kappa shape index (κ1) is 21.5. The number of amides is 1. The molecule has 34 heavy (non-hydrogen) atoms. The number of nitriles is 1. The molecule has 2 atom stereocenters. The second kappa shape index (κ2) is 8.30. The van der Waals surface area contributed by atoms with E-state index in [-0.39, 0.29) is 6.09 Å². The monoisotopic (exact) mass is 490 g/mol. The number of carbonyl (C=O) groups excluding carboxylic acids is 1. The highest BCUT2D eigenvalue weighted by atomic mass is 35.5. The number of ether oxygens (including phenoxy) is 1. The normalized spacial score (nSPS) is 22.5. The number of benzene rings is 2. The average molecular weight is 491 g/mol. The number of rotatable bonds is 4. The minimum absolute atomic E-state index is 0.228. The van der Waals surface area contributed by atoms with Crippen molar-refractivity contribution < 1.29 is 9.53 Å². The third-order valence-electron chi connectivity index (χ3n) is 7.13. The van der Waals surface area contributed by atoms with E-state index in [1.165, 1.54) is 4.70 Å². The van der Waals surface area contributed by atoms with E-state index in [1.807, 2.05) is 41.6 Å². The minimum atomic E-state index is -0.433. The molecule has 0 bridgehead atoms. The Kier molecular flexibility index (Phi) is 5.23. The summed E-state index contributed by atoms with van der Waals surface area (Å²) in [5, 5.41) is 13.2. The van der Waals surface area contributed by atoms with Crippen LogP contribution in [0.25, 0.3) is 21.1 Å². The van der Waals surface area contributed by atoms with Gasteiger partial charge in [-0.05, 0) is 84.3 Å². The van der Waals surface area contributed by atoms with Gasteiger partial charge in [-0.2, -0.15) is 5.26 Å². The maximum Gasteiger partial charge on any atom is 0.410 e. The molecule has 2 fully saturated rings. The van der Waals surface area contributed by atoms with E-state index in [1.54, 1.807) is 17.4 Å². The van der Waals surface area contributed by atoms with E-state index in [2.05, 4.69) is 21.0 Å². The van der Waals surface area contributed by atoms with Crippen LogP contribution in [0.15, 0.2) is 48.1 Å². The Balaban J connectivity index is 1.19. The Hall–Kier alpha value is -3.08. The van der Waals surface area contributed by atoms with Crippen LogP contribution in [-0.4, -0.2) is 32.7 Å². The van der Waals surface area contributed by atoms with Crippen LogP contribution in [0.5, 0.6) is 0 Å². The molecule has 1 aliphatic carbocycles. The van der Waals surface area contributed by atoms with Crippen molar-refractivity contribution in [2.24, 2.45) is 5.92 Å². The summed E-state index contributed by atoms with van der Waals surface area (Å²) in [4.78, 5) is 19.2. The molecule has 2 aromatic carbocycles. The number of imidazole rings is 1. The highest BCUT2D eigenvalue weighted by molar-refractivity contribution is 7.17. The molecule has 172 valence electrons. The Bertz CT molecular complexity index is 1450. The fourth-order valence-corrected chi connectivity index (χ4v) is 6.69. The zero-order chi connectivity index (χ0) is 23.3. The first-order chi connectivity index (χ1) is 16.5. The number of fused-ring (bicyclic) bond motifs is 2. The molecule has 6 rings (SSSR count). The van der Waals surface area contributed by atoms with Gasteiger partial charge in [0, 0.05) is 16.3 Å². The fraction of sp³-hybridized carbons (Fsp3) is 0.346. The van der Waals surface area contributed by atoms with Crippen molar-refractivity contribution in [3.05, 3.63) is 64.3 Å². The van der Waals surface area contributed by atoms with Crippen molar-refractivity contribution in [1.82, 2.24) is 14.5 Å². The molecule has 8 heteroatoms. The van der Waals surface area contributed by atoms with Gasteiger partial charge < -0.3 is 9.30 Å². The second-order valence-electron chi connectivity index (χ2n) is 9.48. The van der Waals surface area contributed by atoms with E-state index in [0.29, 0.717) is 29.6 Å². The van der Waals surface area contributed by atoms with E-state index in [4.69, 9.17) is 16.3 Å². The number of hydrogen-bond donors (Lipinski definition) is 0. The molecule has 4 aromatic rings. The van der Waals surface area contributed by atoms with Crippen LogP contribution >= 0.6 is 22.9 Å². The van der Waals surface area contributed by atoms with Gasteiger partial charge in [0.15, 0.2) is 0 Å². The van der Waals surface area contributed by atoms with Gasteiger partial charge in [-0.15, -0.1) is 11.3 Å². The molecule has 0 radical (unpaired) electrons. The molecule has 0 N–H and O–H groups in total. The van der Waals surface area contributed by atoms with Crippen LogP contribution in [0.4, 0.5) is 4.79 Å². The highest BCUT2D eigenvalue weighted by Gasteiger charge is 2.48. The van der Waals surface area contributed by atoms with Crippen LogP contribution in [-0.2, 0) is 17.8 Å². The number of nitrogens with zero attached hydrogens (tertiary/aromatic N) is 4. The summed E-state index contributed by atoms with van der Waals surface area (Å²) in [7, 11) is 0. The van der Waals surface area contributed by atoms with Crippen LogP contribution in [0.2, 0.25) is 5.02 Å². The van der Waals surface area contributed by atoms with E-state index < -0.39 is 5.60 Å². The molecule has 1 aliphatic heterocycles. The van der Waals surface area contributed by atoms with Gasteiger partial charge in [0.05, 0.1) is 42.1 Å². The number of hydrogen-bond acceptors (Lipinski definition) is 5. The smallest absolute Gasteiger partial charge is 0.410 e. The van der Waals surface area contributed by atoms with Crippen molar-refractivity contribution in [1.29, 1.82) is 5.26 Å². The summed E-state index contributed by atoms with van der Waals surface area (Å²) in [6, 6.07) is 13.7. The van der Waals surface area contributed by atoms with Crippen molar-refractivity contribution in [2.45, 2.75) is 44.4 Å². The van der Waals surface area contributed by atoms with Gasteiger partial charge in [-0.3, -0.25) is 4.90 Å². The van der Waals surface area contributed by atoms with E-state index in [9.17, 15) is 10.1 Å². The molecular weight excluding hydrogens is 468 g/mol. The summed E-state index contributed by atoms with van der Waals surface area (Å²) in [5.41, 5.74) is 3.19. The lowest BCUT2D eigenvalue weighted by atomic mass is 9.78.